The number of aryl methyl sites for hydroxylation is 1. The maximum Gasteiger partial charge on any atom is 0.260 e. The van der Waals surface area contributed by atoms with Gasteiger partial charge in [-0.05, 0) is 25.1 Å². The van der Waals surface area contributed by atoms with E-state index in [2.05, 4.69) is 15.4 Å². The molecule has 0 atom stereocenters. The highest BCUT2D eigenvalue weighted by Gasteiger charge is 2.14. The molecule has 6 nitrogen and oxygen atoms in total. The summed E-state index contributed by atoms with van der Waals surface area (Å²) in [7, 11) is 1.51. The van der Waals surface area contributed by atoms with Crippen molar-refractivity contribution in [2.45, 2.75) is 13.5 Å². The quantitative estimate of drug-likeness (QED) is 0.768. The molecule has 0 unspecified atom stereocenters. The predicted octanol–water partition coefficient (Wildman–Crippen LogP) is 3.43. The van der Waals surface area contributed by atoms with Crippen molar-refractivity contribution in [1.29, 1.82) is 0 Å². The molecule has 0 aliphatic heterocycles. The van der Waals surface area contributed by atoms with Crippen LogP contribution in [0.1, 0.15) is 17.3 Å². The summed E-state index contributed by atoms with van der Waals surface area (Å²) in [4.78, 5) is 16.5. The number of ether oxygens (including phenoxy) is 1. The fourth-order valence-corrected chi connectivity index (χ4v) is 2.86. The first-order valence-electron chi connectivity index (χ1n) is 7.24. The molecule has 0 radical (unpaired) electrons. The number of nitrogens with zero attached hydrogens (tertiary/aromatic N) is 3. The first-order valence-corrected chi connectivity index (χ1v) is 8.12. The molecule has 3 rings (SSSR count). The summed E-state index contributed by atoms with van der Waals surface area (Å²) in [5.74, 6) is -0.151. The van der Waals surface area contributed by atoms with Crippen LogP contribution < -0.4 is 10.1 Å². The van der Waals surface area contributed by atoms with Crippen LogP contribution in [-0.2, 0) is 6.54 Å². The summed E-state index contributed by atoms with van der Waals surface area (Å²) < 4.78 is 20.4. The summed E-state index contributed by atoms with van der Waals surface area (Å²) in [5.41, 5.74) is 1.53. The van der Waals surface area contributed by atoms with Gasteiger partial charge in [0.1, 0.15) is 11.6 Å². The fraction of sp³-hybridized carbons (Fsp3) is 0.188. The molecule has 0 bridgehead atoms. The maximum absolute atomic E-state index is 13.5. The molecule has 124 valence electrons. The number of carbonyl (C=O) groups excluding carboxylic acids is 1. The number of benzene rings is 1. The van der Waals surface area contributed by atoms with Gasteiger partial charge in [0.05, 0.1) is 24.6 Å². The van der Waals surface area contributed by atoms with Crippen LogP contribution in [0.4, 0.5) is 9.52 Å². The average molecular weight is 346 g/mol. The van der Waals surface area contributed by atoms with Gasteiger partial charge in [0.2, 0.25) is 0 Å². The van der Waals surface area contributed by atoms with Gasteiger partial charge >= 0.3 is 0 Å². The number of methoxy groups -OCH3 is 1. The topological polar surface area (TPSA) is 69.0 Å². The summed E-state index contributed by atoms with van der Waals surface area (Å²) in [5, 5.41) is 8.94. The molecule has 0 aliphatic carbocycles. The van der Waals surface area contributed by atoms with Gasteiger partial charge in [-0.15, -0.1) is 11.3 Å². The lowest BCUT2D eigenvalue weighted by Gasteiger charge is -2.05. The number of carbonyl (C=O) groups is 1. The minimum absolute atomic E-state index is 0.290. The highest BCUT2D eigenvalue weighted by atomic mass is 32.1. The fourth-order valence-electron chi connectivity index (χ4n) is 2.16. The van der Waals surface area contributed by atoms with Crippen molar-refractivity contribution in [3.05, 3.63) is 47.4 Å². The standard InChI is InChI=1S/C16H15FN4O2S/c1-3-21-8-10(7-18-21)15(22)20-16-19-13(9-24-16)12-6-11(17)4-5-14(12)23-2/h4-9H,3H2,1-2H3,(H,19,20,22). The van der Waals surface area contributed by atoms with Crippen LogP contribution in [-0.4, -0.2) is 27.8 Å². The van der Waals surface area contributed by atoms with E-state index < -0.39 is 0 Å². The van der Waals surface area contributed by atoms with Gasteiger partial charge in [-0.3, -0.25) is 14.8 Å². The molecule has 0 spiro atoms. The van der Waals surface area contributed by atoms with Crippen LogP contribution in [0, 0.1) is 5.82 Å². The monoisotopic (exact) mass is 346 g/mol. The van der Waals surface area contributed by atoms with E-state index in [1.807, 2.05) is 6.92 Å². The van der Waals surface area contributed by atoms with Gasteiger partial charge < -0.3 is 4.74 Å². The van der Waals surface area contributed by atoms with E-state index in [1.165, 1.54) is 36.8 Å². The van der Waals surface area contributed by atoms with Crippen LogP contribution in [0.15, 0.2) is 36.0 Å². The van der Waals surface area contributed by atoms with Crippen LogP contribution in [0.5, 0.6) is 5.75 Å². The van der Waals surface area contributed by atoms with Crippen LogP contribution >= 0.6 is 11.3 Å². The summed E-state index contributed by atoms with van der Waals surface area (Å²) in [6.45, 7) is 2.63. The Labute approximate surface area is 141 Å². The van der Waals surface area contributed by atoms with Gasteiger partial charge in [-0.2, -0.15) is 5.10 Å². The molecular weight excluding hydrogens is 331 g/mol. The van der Waals surface area contributed by atoms with E-state index in [1.54, 1.807) is 22.3 Å². The summed E-state index contributed by atoms with van der Waals surface area (Å²) in [6.07, 6.45) is 3.17. The number of hydrogen-bond donors (Lipinski definition) is 1. The third-order valence-electron chi connectivity index (χ3n) is 3.38. The minimum Gasteiger partial charge on any atom is -0.496 e. The SMILES string of the molecule is CCn1cc(C(=O)Nc2nc(-c3cc(F)ccc3OC)cs2)cn1. The Balaban J connectivity index is 1.81. The maximum atomic E-state index is 13.5. The van der Waals surface area contributed by atoms with Gasteiger partial charge in [0.15, 0.2) is 5.13 Å². The molecule has 0 saturated carbocycles. The number of nitrogens with one attached hydrogen (secondary N) is 1. The normalized spacial score (nSPS) is 10.6. The van der Waals surface area contributed by atoms with Crippen LogP contribution in [0.3, 0.4) is 0 Å². The van der Waals surface area contributed by atoms with E-state index in [-0.39, 0.29) is 11.7 Å². The molecule has 2 aromatic heterocycles. The number of anilines is 1. The molecule has 3 aromatic rings. The number of halogens is 1. The molecule has 1 N–H and O–H groups in total. The second-order valence-corrected chi connectivity index (χ2v) is 5.78. The van der Waals surface area contributed by atoms with E-state index in [9.17, 15) is 9.18 Å². The lowest BCUT2D eigenvalue weighted by molar-refractivity contribution is 0.102. The second-order valence-electron chi connectivity index (χ2n) is 4.92. The molecule has 8 heteroatoms. The molecule has 24 heavy (non-hydrogen) atoms. The van der Waals surface area contributed by atoms with Crippen molar-refractivity contribution < 1.29 is 13.9 Å². The van der Waals surface area contributed by atoms with E-state index >= 15 is 0 Å². The van der Waals surface area contributed by atoms with Gasteiger partial charge in [0.25, 0.3) is 5.91 Å². The molecule has 0 aliphatic rings. The number of thiazole rings is 1. The van der Waals surface area contributed by atoms with E-state index in [0.29, 0.717) is 34.2 Å². The lowest BCUT2D eigenvalue weighted by Crippen LogP contribution is -2.10. The van der Waals surface area contributed by atoms with Crippen LogP contribution in [0.25, 0.3) is 11.3 Å². The molecule has 0 saturated heterocycles. The van der Waals surface area contributed by atoms with Gasteiger partial charge in [-0.1, -0.05) is 0 Å². The zero-order valence-corrected chi connectivity index (χ0v) is 13.9. The molecule has 1 aromatic carbocycles. The average Bonchev–Trinajstić information content (AvgIpc) is 3.24. The molecule has 1 amide bonds. The van der Waals surface area contributed by atoms with Crippen molar-refractivity contribution >= 4 is 22.4 Å². The Bertz CT molecular complexity index is 875. The van der Waals surface area contributed by atoms with Gasteiger partial charge in [0, 0.05) is 23.7 Å². The molecular formula is C16H15FN4O2S. The Morgan fingerprint density at radius 3 is 3.00 bits per heavy atom. The van der Waals surface area contributed by atoms with E-state index in [0.717, 1.165) is 0 Å². The highest BCUT2D eigenvalue weighted by molar-refractivity contribution is 7.14. The first-order chi connectivity index (χ1) is 11.6. The smallest absolute Gasteiger partial charge is 0.260 e. The van der Waals surface area contributed by atoms with Gasteiger partial charge in [-0.25, -0.2) is 9.37 Å². The zero-order valence-electron chi connectivity index (χ0n) is 13.1. The highest BCUT2D eigenvalue weighted by Crippen LogP contribution is 2.32. The van der Waals surface area contributed by atoms with Crippen molar-refractivity contribution in [2.24, 2.45) is 0 Å². The van der Waals surface area contributed by atoms with Crippen molar-refractivity contribution in [3.63, 3.8) is 0 Å². The number of amides is 1. The third-order valence-corrected chi connectivity index (χ3v) is 4.14. The summed E-state index contributed by atoms with van der Waals surface area (Å²) in [6, 6.07) is 4.22. The van der Waals surface area contributed by atoms with Crippen molar-refractivity contribution in [1.82, 2.24) is 14.8 Å². The molecule has 0 fully saturated rings. The minimum atomic E-state index is -0.378. The molecule has 2 heterocycles. The zero-order chi connectivity index (χ0) is 17.1. The number of aromatic nitrogens is 3. The lowest BCUT2D eigenvalue weighted by atomic mass is 10.1. The van der Waals surface area contributed by atoms with Crippen molar-refractivity contribution in [3.8, 4) is 17.0 Å². The predicted molar refractivity (Wildman–Crippen MR) is 89.9 cm³/mol. The third kappa shape index (κ3) is 3.28. The van der Waals surface area contributed by atoms with Crippen LogP contribution in [0.2, 0.25) is 0 Å². The Morgan fingerprint density at radius 1 is 1.46 bits per heavy atom. The summed E-state index contributed by atoms with van der Waals surface area (Å²) >= 11 is 1.26. The number of hydrogen-bond acceptors (Lipinski definition) is 5. The Morgan fingerprint density at radius 2 is 2.29 bits per heavy atom. The Kier molecular flexibility index (Phi) is 4.57. The second kappa shape index (κ2) is 6.79. The largest absolute Gasteiger partial charge is 0.496 e. The first kappa shape index (κ1) is 16.1. The van der Waals surface area contributed by atoms with Crippen molar-refractivity contribution in [2.75, 3.05) is 12.4 Å². The Hall–Kier alpha value is -2.74. The number of rotatable bonds is 5. The van der Waals surface area contributed by atoms with E-state index in [4.69, 9.17) is 4.74 Å².